The number of guanidine groups is 2. The summed E-state index contributed by atoms with van der Waals surface area (Å²) in [5.74, 6) is -0.176. The van der Waals surface area contributed by atoms with Crippen molar-refractivity contribution in [1.29, 1.82) is 0 Å². The van der Waals surface area contributed by atoms with Crippen molar-refractivity contribution in [2.45, 2.75) is 0 Å². The molecule has 8 nitrogen and oxygen atoms in total. The van der Waals surface area contributed by atoms with Crippen LogP contribution in [0.4, 0.5) is 22.7 Å². The number of hydrogen-bond donors (Lipinski definition) is 2. The summed E-state index contributed by atoms with van der Waals surface area (Å²) >= 11 is 0. The van der Waals surface area contributed by atoms with Crippen molar-refractivity contribution in [3.8, 4) is 0 Å². The molecule has 2 N–H and O–H groups in total. The van der Waals surface area contributed by atoms with Crippen LogP contribution >= 0.6 is 0 Å². The van der Waals surface area contributed by atoms with Crippen LogP contribution in [-0.4, -0.2) is 23.7 Å². The molecule has 0 spiro atoms. The van der Waals surface area contributed by atoms with Gasteiger partial charge in [-0.3, -0.25) is 0 Å². The first kappa shape index (κ1) is 35.6. The van der Waals surface area contributed by atoms with Gasteiger partial charge in [0.25, 0.3) is 0 Å². The second-order valence-electron chi connectivity index (χ2n) is 10.1. The van der Waals surface area contributed by atoms with Gasteiger partial charge >= 0.3 is 17.1 Å². The molecule has 0 heterocycles. The average Bonchev–Trinajstić information content (AvgIpc) is 3.14. The van der Waals surface area contributed by atoms with Crippen molar-refractivity contribution in [1.82, 2.24) is 0 Å². The van der Waals surface area contributed by atoms with E-state index < -0.39 is 0 Å². The number of anilines is 2. The van der Waals surface area contributed by atoms with Crippen molar-refractivity contribution < 1.29 is 27.3 Å². The predicted molar refractivity (Wildman–Crippen MR) is 193 cm³/mol. The zero-order chi connectivity index (χ0) is 33.2. The summed E-state index contributed by atoms with van der Waals surface area (Å²) in [6.07, 6.45) is 0. The molecule has 49 heavy (non-hydrogen) atoms. The van der Waals surface area contributed by atoms with Gasteiger partial charge in [-0.05, 0) is 71.5 Å². The summed E-state index contributed by atoms with van der Waals surface area (Å²) in [6, 6.07) is 55.7. The number of hydrogen-bond acceptors (Lipinski definition) is 4. The molecule has 0 amide bonds. The Morgan fingerprint density at radius 3 is 0.939 bits per heavy atom. The van der Waals surface area contributed by atoms with Gasteiger partial charge in [-0.1, -0.05) is 133 Å². The van der Waals surface area contributed by atoms with Crippen molar-refractivity contribution in [3.63, 3.8) is 0 Å². The van der Waals surface area contributed by atoms with Crippen LogP contribution in [0.25, 0.3) is 0 Å². The number of benzene rings is 6. The minimum atomic E-state index is -0.339. The number of nitrogens with one attached hydrogen (secondary N) is 2. The van der Waals surface area contributed by atoms with E-state index in [0.29, 0.717) is 11.1 Å². The molecule has 6 aromatic carbocycles. The van der Waals surface area contributed by atoms with E-state index in [-0.39, 0.29) is 40.8 Å². The molecule has 0 aliphatic carbocycles. The van der Waals surface area contributed by atoms with E-state index in [0.717, 1.165) is 22.7 Å². The van der Waals surface area contributed by atoms with E-state index >= 15 is 0 Å². The predicted octanol–water partition coefficient (Wildman–Crippen LogP) is 7.18. The molecule has 0 saturated heterocycles. The van der Waals surface area contributed by atoms with Crippen molar-refractivity contribution in [2.24, 2.45) is 20.0 Å². The summed E-state index contributed by atoms with van der Waals surface area (Å²) < 4.78 is 0. The van der Waals surface area contributed by atoms with Crippen LogP contribution in [0.2, 0.25) is 0 Å². The molecule has 0 saturated carbocycles. The summed E-state index contributed by atoms with van der Waals surface area (Å²) in [5.41, 5.74) is 4.12. The standard InChI is InChI=1S/2C20H17N3O.Cu/c2*24-19(16-10-4-1-5-11-16)23-20(21-17-12-6-2-7-13-17)22-18-14-8-3-9-15-18;/h2*1-15H,(H2,21,22,23,24);/q;;+2/p-2. The van der Waals surface area contributed by atoms with Gasteiger partial charge in [-0.2, -0.15) is 0 Å². The number of aliphatic imine (C=N–C) groups is 4. The molecule has 0 aliphatic heterocycles. The zero-order valence-corrected chi connectivity index (χ0v) is 27.2. The molecular weight excluding hydrogens is 660 g/mol. The third-order valence-electron chi connectivity index (χ3n) is 6.50. The molecule has 6 aromatic rings. The molecule has 1 radical (unpaired) electrons. The third kappa shape index (κ3) is 12.1. The summed E-state index contributed by atoms with van der Waals surface area (Å²) in [7, 11) is 0. The molecular formula is C40H32CuN6O2. The van der Waals surface area contributed by atoms with Crippen LogP contribution < -0.4 is 20.8 Å². The Hall–Kier alpha value is -6.28. The quantitative estimate of drug-likeness (QED) is 0.109. The maximum Gasteiger partial charge on any atom is 2.00 e. The van der Waals surface area contributed by atoms with Crippen LogP contribution in [0.15, 0.2) is 202 Å². The van der Waals surface area contributed by atoms with Crippen LogP contribution in [0.5, 0.6) is 0 Å². The second-order valence-corrected chi connectivity index (χ2v) is 10.1. The minimum Gasteiger partial charge on any atom is -0.858 e. The van der Waals surface area contributed by atoms with Crippen molar-refractivity contribution in [2.75, 3.05) is 10.6 Å². The first-order chi connectivity index (χ1) is 23.6. The van der Waals surface area contributed by atoms with Gasteiger partial charge in [-0.25, -0.2) is 20.0 Å². The smallest absolute Gasteiger partial charge is 0.858 e. The third-order valence-corrected chi connectivity index (χ3v) is 6.50. The first-order valence-corrected chi connectivity index (χ1v) is 15.2. The number of rotatable bonds is 6. The molecule has 6 rings (SSSR count). The average molecular weight is 692 g/mol. The maximum atomic E-state index is 12.3. The normalized spacial score (nSPS) is 11.8. The van der Waals surface area contributed by atoms with Gasteiger partial charge in [0.15, 0.2) is 0 Å². The molecule has 0 unspecified atom stereocenters. The van der Waals surface area contributed by atoms with Crippen LogP contribution in [0.1, 0.15) is 11.1 Å². The molecule has 0 bridgehead atoms. The molecule has 0 aliphatic rings. The number of nitrogens with zero attached hydrogens (tertiary/aromatic N) is 4. The fourth-order valence-electron chi connectivity index (χ4n) is 4.20. The molecule has 0 atom stereocenters. The van der Waals surface area contributed by atoms with E-state index in [1.165, 1.54) is 0 Å². The Labute approximate surface area is 296 Å². The monoisotopic (exact) mass is 691 g/mol. The summed E-state index contributed by atoms with van der Waals surface area (Å²) in [4.78, 5) is 17.1. The Morgan fingerprint density at radius 2 is 0.633 bits per heavy atom. The first-order valence-electron chi connectivity index (χ1n) is 15.2. The Kier molecular flexibility index (Phi) is 14.1. The maximum absolute atomic E-state index is 12.3. The fraction of sp³-hybridized carbons (Fsp3) is 0. The molecule has 9 heteroatoms. The van der Waals surface area contributed by atoms with Gasteiger partial charge in [0.2, 0.25) is 11.9 Å². The topological polar surface area (TPSA) is 120 Å². The summed E-state index contributed by atoms with van der Waals surface area (Å²) in [6.45, 7) is 0. The van der Waals surface area contributed by atoms with E-state index in [1.807, 2.05) is 133 Å². The van der Waals surface area contributed by atoms with E-state index in [2.05, 4.69) is 30.6 Å². The zero-order valence-electron chi connectivity index (χ0n) is 26.2. The fourth-order valence-corrected chi connectivity index (χ4v) is 4.20. The van der Waals surface area contributed by atoms with E-state index in [1.54, 1.807) is 48.5 Å². The Bertz CT molecular complexity index is 1810. The van der Waals surface area contributed by atoms with Crippen molar-refractivity contribution >= 4 is 46.5 Å². The Morgan fingerprint density at radius 1 is 0.367 bits per heavy atom. The summed E-state index contributed by atoms with van der Waals surface area (Å²) in [5, 5.41) is 30.9. The largest absolute Gasteiger partial charge is 2.00 e. The Balaban J connectivity index is 0.000000216. The van der Waals surface area contributed by atoms with Gasteiger partial charge in [-0.15, -0.1) is 0 Å². The van der Waals surface area contributed by atoms with Gasteiger partial charge in [0.1, 0.15) is 0 Å². The molecule has 245 valence electrons. The second kappa shape index (κ2) is 19.4. The van der Waals surface area contributed by atoms with E-state index in [9.17, 15) is 10.2 Å². The molecule has 0 aromatic heterocycles. The molecule has 0 fully saturated rings. The van der Waals surface area contributed by atoms with Gasteiger partial charge in [0.05, 0.1) is 11.4 Å². The van der Waals surface area contributed by atoms with Crippen LogP contribution in [0, 0.1) is 0 Å². The minimum absolute atomic E-state index is 0. The van der Waals surface area contributed by atoms with Crippen LogP contribution in [0.3, 0.4) is 0 Å². The number of para-hydroxylation sites is 4. The van der Waals surface area contributed by atoms with Crippen LogP contribution in [-0.2, 0) is 17.1 Å². The van der Waals surface area contributed by atoms with Gasteiger partial charge < -0.3 is 20.8 Å². The van der Waals surface area contributed by atoms with Crippen molar-refractivity contribution in [3.05, 3.63) is 193 Å². The van der Waals surface area contributed by atoms with E-state index in [4.69, 9.17) is 0 Å². The SMILES string of the molecule is [Cu+2].[O-]/C(=N\C(=Nc1ccccc1)Nc1ccccc1)c1ccccc1.[O-]/C(=N\C(=Nc1ccccc1)Nc1ccccc1)c1ccccc1. The van der Waals surface area contributed by atoms with Gasteiger partial charge in [0, 0.05) is 11.4 Å².